The van der Waals surface area contributed by atoms with Crippen molar-refractivity contribution in [2.24, 2.45) is 16.6 Å². The molecule has 19 heavy (non-hydrogen) atoms. The number of amides is 1. The van der Waals surface area contributed by atoms with Crippen LogP contribution in [0.2, 0.25) is 0 Å². The number of carbonyl (C=O) groups excluding carboxylic acids is 1. The van der Waals surface area contributed by atoms with E-state index < -0.39 is 5.41 Å². The maximum Gasteiger partial charge on any atom is 0.233 e. The lowest BCUT2D eigenvalue weighted by molar-refractivity contribution is -0.128. The Bertz CT molecular complexity index is 331. The largest absolute Gasteiger partial charge is 0.392 e. The Morgan fingerprint density at radius 2 is 1.79 bits per heavy atom. The summed E-state index contributed by atoms with van der Waals surface area (Å²) in [6, 6.07) is 0. The van der Waals surface area contributed by atoms with E-state index in [0.29, 0.717) is 11.5 Å². The van der Waals surface area contributed by atoms with Crippen LogP contribution in [-0.2, 0) is 4.79 Å². The van der Waals surface area contributed by atoms with Crippen LogP contribution in [-0.4, -0.2) is 17.4 Å². The maximum atomic E-state index is 12.6. The van der Waals surface area contributed by atoms with E-state index in [9.17, 15) is 4.79 Å². The SMILES string of the molecule is CCC(C)(C)CNC(=O)C1(C(N)=S)CCCCCC1. The Morgan fingerprint density at radius 3 is 2.21 bits per heavy atom. The Morgan fingerprint density at radius 1 is 1.26 bits per heavy atom. The Hall–Kier alpha value is -0.640. The van der Waals surface area contributed by atoms with E-state index in [4.69, 9.17) is 18.0 Å². The average Bonchev–Trinajstić information content (AvgIpc) is 2.62. The highest BCUT2D eigenvalue weighted by molar-refractivity contribution is 7.80. The van der Waals surface area contributed by atoms with Crippen molar-refractivity contribution < 1.29 is 4.79 Å². The Labute approximate surface area is 122 Å². The summed E-state index contributed by atoms with van der Waals surface area (Å²) >= 11 is 5.22. The number of rotatable bonds is 5. The van der Waals surface area contributed by atoms with Crippen molar-refractivity contribution in [2.45, 2.75) is 65.7 Å². The zero-order chi connectivity index (χ0) is 14.5. The number of hydrogen-bond acceptors (Lipinski definition) is 2. The van der Waals surface area contributed by atoms with Gasteiger partial charge in [0.2, 0.25) is 5.91 Å². The lowest BCUT2D eigenvalue weighted by Gasteiger charge is -2.32. The van der Waals surface area contributed by atoms with Crippen LogP contribution in [0.5, 0.6) is 0 Å². The van der Waals surface area contributed by atoms with Crippen LogP contribution in [0.3, 0.4) is 0 Å². The first-order valence-electron chi connectivity index (χ1n) is 7.42. The molecule has 0 atom stereocenters. The fourth-order valence-corrected chi connectivity index (χ4v) is 2.83. The summed E-state index contributed by atoms with van der Waals surface area (Å²) in [6.45, 7) is 7.15. The minimum absolute atomic E-state index is 0.0448. The van der Waals surface area contributed by atoms with Gasteiger partial charge >= 0.3 is 0 Å². The van der Waals surface area contributed by atoms with E-state index in [1.165, 1.54) is 12.8 Å². The molecule has 0 saturated heterocycles. The second-order valence-corrected chi connectivity index (χ2v) is 7.00. The van der Waals surface area contributed by atoms with Crippen LogP contribution in [0.15, 0.2) is 0 Å². The van der Waals surface area contributed by atoms with Gasteiger partial charge in [0.25, 0.3) is 0 Å². The second kappa shape index (κ2) is 6.69. The lowest BCUT2D eigenvalue weighted by Crippen LogP contribution is -2.50. The van der Waals surface area contributed by atoms with Gasteiger partial charge in [-0.05, 0) is 24.7 Å². The van der Waals surface area contributed by atoms with Crippen LogP contribution >= 0.6 is 12.2 Å². The Kier molecular flexibility index (Phi) is 5.78. The van der Waals surface area contributed by atoms with Crippen molar-refractivity contribution >= 4 is 23.1 Å². The first-order valence-corrected chi connectivity index (χ1v) is 7.83. The molecular formula is C15H28N2OS. The highest BCUT2D eigenvalue weighted by atomic mass is 32.1. The van der Waals surface area contributed by atoms with Gasteiger partial charge in [-0.25, -0.2) is 0 Å². The zero-order valence-electron chi connectivity index (χ0n) is 12.6. The topological polar surface area (TPSA) is 55.1 Å². The third kappa shape index (κ3) is 4.16. The van der Waals surface area contributed by atoms with Crippen molar-refractivity contribution in [1.82, 2.24) is 5.32 Å². The van der Waals surface area contributed by atoms with Crippen LogP contribution in [0, 0.1) is 10.8 Å². The van der Waals surface area contributed by atoms with Crippen LogP contribution in [0.1, 0.15) is 65.7 Å². The monoisotopic (exact) mass is 284 g/mol. The molecule has 3 nitrogen and oxygen atoms in total. The molecule has 0 bridgehead atoms. The normalized spacial score (nSPS) is 19.5. The molecule has 0 radical (unpaired) electrons. The van der Waals surface area contributed by atoms with Crippen molar-refractivity contribution in [2.75, 3.05) is 6.54 Å². The van der Waals surface area contributed by atoms with Crippen LogP contribution in [0.25, 0.3) is 0 Å². The molecule has 1 aliphatic rings. The van der Waals surface area contributed by atoms with Crippen LogP contribution < -0.4 is 11.1 Å². The number of nitrogens with two attached hydrogens (primary N) is 1. The van der Waals surface area contributed by atoms with Gasteiger partial charge < -0.3 is 11.1 Å². The lowest BCUT2D eigenvalue weighted by atomic mass is 9.79. The molecule has 1 saturated carbocycles. The molecule has 0 heterocycles. The molecule has 0 aromatic carbocycles. The summed E-state index contributed by atoms with van der Waals surface area (Å²) in [7, 11) is 0. The molecule has 1 aliphatic carbocycles. The molecule has 1 rings (SSSR count). The predicted octanol–water partition coefficient (Wildman–Crippen LogP) is 3.17. The smallest absolute Gasteiger partial charge is 0.233 e. The van der Waals surface area contributed by atoms with Crippen molar-refractivity contribution in [3.05, 3.63) is 0 Å². The molecule has 3 N–H and O–H groups in total. The quantitative estimate of drug-likeness (QED) is 0.602. The number of nitrogens with one attached hydrogen (secondary N) is 1. The molecule has 4 heteroatoms. The summed E-state index contributed by atoms with van der Waals surface area (Å²) in [4.78, 5) is 13.0. The highest BCUT2D eigenvalue weighted by Gasteiger charge is 2.41. The van der Waals surface area contributed by atoms with E-state index >= 15 is 0 Å². The first kappa shape index (κ1) is 16.4. The standard InChI is InChI=1S/C15H28N2OS/c1-4-14(2,3)11-17-13(18)15(12(16)19)9-7-5-6-8-10-15/h4-11H2,1-3H3,(H2,16,19)(H,17,18). The zero-order valence-corrected chi connectivity index (χ0v) is 13.4. The molecule has 1 fully saturated rings. The van der Waals surface area contributed by atoms with Gasteiger partial charge in [0.15, 0.2) is 0 Å². The molecule has 0 aliphatic heterocycles. The van der Waals surface area contributed by atoms with Gasteiger partial charge in [0.05, 0.1) is 10.4 Å². The van der Waals surface area contributed by atoms with Gasteiger partial charge in [0, 0.05) is 6.54 Å². The summed E-state index contributed by atoms with van der Waals surface area (Å²) < 4.78 is 0. The average molecular weight is 284 g/mol. The second-order valence-electron chi connectivity index (χ2n) is 6.56. The third-order valence-corrected chi connectivity index (χ3v) is 4.94. The van der Waals surface area contributed by atoms with Crippen molar-refractivity contribution in [3.8, 4) is 0 Å². The third-order valence-electron chi connectivity index (χ3n) is 4.55. The summed E-state index contributed by atoms with van der Waals surface area (Å²) in [5.41, 5.74) is 5.44. The fourth-order valence-electron chi connectivity index (χ4n) is 2.53. The van der Waals surface area contributed by atoms with Crippen molar-refractivity contribution in [1.29, 1.82) is 0 Å². The molecule has 0 aromatic rings. The van der Waals surface area contributed by atoms with E-state index in [2.05, 4.69) is 26.1 Å². The number of hydrogen-bond donors (Lipinski definition) is 2. The van der Waals surface area contributed by atoms with E-state index in [1.54, 1.807) is 0 Å². The van der Waals surface area contributed by atoms with Gasteiger partial charge in [-0.15, -0.1) is 0 Å². The maximum absolute atomic E-state index is 12.6. The summed E-state index contributed by atoms with van der Waals surface area (Å²) in [5.74, 6) is 0.0448. The van der Waals surface area contributed by atoms with Gasteiger partial charge in [-0.1, -0.05) is 58.7 Å². The van der Waals surface area contributed by atoms with Crippen molar-refractivity contribution in [3.63, 3.8) is 0 Å². The minimum atomic E-state index is -0.602. The number of carbonyl (C=O) groups is 1. The van der Waals surface area contributed by atoms with Crippen LogP contribution in [0.4, 0.5) is 0 Å². The molecule has 0 aromatic heterocycles. The molecule has 1 amide bonds. The summed E-state index contributed by atoms with van der Waals surface area (Å²) in [5, 5.41) is 3.09. The molecule has 0 unspecified atom stereocenters. The predicted molar refractivity (Wildman–Crippen MR) is 84.0 cm³/mol. The molecule has 110 valence electrons. The van der Waals surface area contributed by atoms with Gasteiger partial charge in [-0.2, -0.15) is 0 Å². The first-order chi connectivity index (χ1) is 8.84. The van der Waals surface area contributed by atoms with Gasteiger partial charge in [-0.3, -0.25) is 4.79 Å². The molecule has 0 spiro atoms. The fraction of sp³-hybridized carbons (Fsp3) is 0.867. The van der Waals surface area contributed by atoms with Gasteiger partial charge in [0.1, 0.15) is 0 Å². The number of thiocarbonyl (C=S) groups is 1. The van der Waals surface area contributed by atoms with E-state index in [-0.39, 0.29) is 11.3 Å². The van der Waals surface area contributed by atoms with E-state index in [0.717, 1.165) is 32.1 Å². The summed E-state index contributed by atoms with van der Waals surface area (Å²) in [6.07, 6.45) is 7.09. The Balaban J connectivity index is 2.75. The van der Waals surface area contributed by atoms with E-state index in [1.807, 2.05) is 0 Å². The highest BCUT2D eigenvalue weighted by Crippen LogP contribution is 2.36. The minimum Gasteiger partial charge on any atom is -0.392 e. The molecular weight excluding hydrogens is 256 g/mol.